The molecule has 0 aliphatic heterocycles. The van der Waals surface area contributed by atoms with Gasteiger partial charge >= 0.3 is 0 Å². The number of nitrogens with two attached hydrogens (primary N) is 1. The van der Waals surface area contributed by atoms with Gasteiger partial charge in [-0.2, -0.15) is 0 Å². The van der Waals surface area contributed by atoms with Crippen molar-refractivity contribution in [1.82, 2.24) is 0 Å². The minimum absolute atomic E-state index is 0.414. The van der Waals surface area contributed by atoms with E-state index in [1.807, 2.05) is 60.7 Å². The maximum Gasteiger partial charge on any atom is 0.156 e. The van der Waals surface area contributed by atoms with Gasteiger partial charge in [0, 0.05) is 38.2 Å². The third-order valence-electron chi connectivity index (χ3n) is 8.24. The first-order chi connectivity index (χ1) is 21.7. The van der Waals surface area contributed by atoms with E-state index in [-0.39, 0.29) is 0 Å². The summed E-state index contributed by atoms with van der Waals surface area (Å²) < 4.78 is 12.4. The molecule has 0 atom stereocenters. The lowest BCUT2D eigenvalue weighted by Gasteiger charge is -2.10. The van der Waals surface area contributed by atoms with E-state index in [0.29, 0.717) is 18.2 Å². The average molecular weight is 572 g/mol. The normalized spacial score (nSPS) is 14.2. The maximum atomic E-state index is 6.72. The monoisotopic (exact) mass is 571 g/mol. The van der Waals surface area contributed by atoms with Gasteiger partial charge in [0.2, 0.25) is 0 Å². The first-order valence-corrected chi connectivity index (χ1v) is 14.9. The summed E-state index contributed by atoms with van der Waals surface area (Å²) in [5, 5.41) is 4.38. The number of para-hydroxylation sites is 3. The van der Waals surface area contributed by atoms with Crippen molar-refractivity contribution in [3.63, 3.8) is 0 Å². The number of rotatable bonds is 5. The summed E-state index contributed by atoms with van der Waals surface area (Å²) in [4.78, 5) is 9.93. The Morgan fingerprint density at radius 2 is 1.45 bits per heavy atom. The maximum absolute atomic E-state index is 6.72. The van der Waals surface area contributed by atoms with E-state index in [2.05, 4.69) is 66.8 Å². The Morgan fingerprint density at radius 3 is 2.32 bits per heavy atom. The second-order valence-electron chi connectivity index (χ2n) is 11.0. The Labute approximate surface area is 254 Å². The van der Waals surface area contributed by atoms with Crippen LogP contribution in [-0.4, -0.2) is 11.7 Å². The third-order valence-corrected chi connectivity index (χ3v) is 8.24. The number of benzene rings is 5. The molecule has 2 aromatic heterocycles. The van der Waals surface area contributed by atoms with Crippen LogP contribution in [0.3, 0.4) is 0 Å². The fraction of sp³-hybridized carbons (Fsp3) is 0.0769. The van der Waals surface area contributed by atoms with Gasteiger partial charge in [0.15, 0.2) is 5.84 Å². The number of aliphatic imine (C=N–C) groups is 2. The number of fused-ring (bicyclic) bond motifs is 6. The average Bonchev–Trinajstić information content (AvgIpc) is 3.66. The largest absolute Gasteiger partial charge is 0.456 e. The van der Waals surface area contributed by atoms with Crippen molar-refractivity contribution >= 4 is 55.5 Å². The number of nitrogens with zero attached hydrogens (tertiary/aromatic N) is 2. The smallest absolute Gasteiger partial charge is 0.156 e. The van der Waals surface area contributed by atoms with Crippen LogP contribution in [0.15, 0.2) is 152 Å². The molecule has 44 heavy (non-hydrogen) atoms. The van der Waals surface area contributed by atoms with E-state index >= 15 is 0 Å². The second kappa shape index (κ2) is 10.9. The highest BCUT2D eigenvalue weighted by atomic mass is 16.3. The molecule has 0 amide bonds. The molecular weight excluding hydrogens is 542 g/mol. The molecule has 0 bridgehead atoms. The summed E-state index contributed by atoms with van der Waals surface area (Å²) in [7, 11) is 0. The van der Waals surface area contributed by atoms with Crippen LogP contribution in [0.4, 0.5) is 0 Å². The second-order valence-corrected chi connectivity index (χ2v) is 11.0. The van der Waals surface area contributed by atoms with Crippen LogP contribution in [0.5, 0.6) is 0 Å². The van der Waals surface area contributed by atoms with Crippen LogP contribution >= 0.6 is 0 Å². The number of amidine groups is 2. The van der Waals surface area contributed by atoms with E-state index in [9.17, 15) is 0 Å². The van der Waals surface area contributed by atoms with Crippen LogP contribution in [0, 0.1) is 0 Å². The van der Waals surface area contributed by atoms with Gasteiger partial charge in [-0.05, 0) is 48.2 Å². The molecule has 2 heterocycles. The molecule has 1 aliphatic rings. The van der Waals surface area contributed by atoms with Crippen LogP contribution in [0.2, 0.25) is 0 Å². The van der Waals surface area contributed by atoms with Crippen molar-refractivity contribution in [3.05, 3.63) is 144 Å². The van der Waals surface area contributed by atoms with Crippen LogP contribution in [-0.2, 0) is 6.54 Å². The van der Waals surface area contributed by atoms with E-state index in [1.165, 1.54) is 0 Å². The number of hydrogen-bond donors (Lipinski definition) is 1. The van der Waals surface area contributed by atoms with E-state index in [0.717, 1.165) is 84.5 Å². The molecule has 0 fully saturated rings. The summed E-state index contributed by atoms with van der Waals surface area (Å²) in [6.45, 7) is 0.421. The zero-order valence-corrected chi connectivity index (χ0v) is 24.0. The molecule has 8 rings (SSSR count). The van der Waals surface area contributed by atoms with Gasteiger partial charge in [-0.15, -0.1) is 0 Å². The van der Waals surface area contributed by atoms with E-state index in [1.54, 1.807) is 0 Å². The summed E-state index contributed by atoms with van der Waals surface area (Å²) in [6.07, 6.45) is 8.37. The molecule has 0 radical (unpaired) electrons. The van der Waals surface area contributed by atoms with Crippen molar-refractivity contribution in [3.8, 4) is 11.1 Å². The predicted molar refractivity (Wildman–Crippen MR) is 181 cm³/mol. The summed E-state index contributed by atoms with van der Waals surface area (Å²) in [5.74, 6) is 1.02. The summed E-state index contributed by atoms with van der Waals surface area (Å²) in [5.41, 5.74) is 15.1. The lowest BCUT2D eigenvalue weighted by molar-refractivity contribution is 0.663. The molecule has 5 aromatic carbocycles. The highest BCUT2D eigenvalue weighted by molar-refractivity contribution is 6.14. The molecule has 7 aromatic rings. The fourth-order valence-corrected chi connectivity index (χ4v) is 6.10. The summed E-state index contributed by atoms with van der Waals surface area (Å²) >= 11 is 0. The minimum atomic E-state index is 0.414. The molecule has 5 nitrogen and oxygen atoms in total. The molecule has 2 N–H and O–H groups in total. The zero-order valence-electron chi connectivity index (χ0n) is 24.0. The van der Waals surface area contributed by atoms with Gasteiger partial charge in [-0.3, -0.25) is 4.99 Å². The summed E-state index contributed by atoms with van der Waals surface area (Å²) in [6, 6.07) is 36.8. The first kappa shape index (κ1) is 26.0. The van der Waals surface area contributed by atoms with Gasteiger partial charge in [0.05, 0.1) is 6.54 Å². The molecule has 1 aliphatic carbocycles. The molecule has 0 spiro atoms. The highest BCUT2D eigenvalue weighted by Crippen LogP contribution is 2.37. The first-order valence-electron chi connectivity index (χ1n) is 14.9. The van der Waals surface area contributed by atoms with E-state index < -0.39 is 0 Å². The topological polar surface area (TPSA) is 77.0 Å². The van der Waals surface area contributed by atoms with Gasteiger partial charge in [-0.1, -0.05) is 103 Å². The van der Waals surface area contributed by atoms with Crippen LogP contribution in [0.1, 0.15) is 24.0 Å². The Morgan fingerprint density at radius 1 is 0.705 bits per heavy atom. The van der Waals surface area contributed by atoms with Gasteiger partial charge in [-0.25, -0.2) is 4.99 Å². The van der Waals surface area contributed by atoms with Crippen LogP contribution < -0.4 is 5.73 Å². The van der Waals surface area contributed by atoms with Gasteiger partial charge < -0.3 is 14.6 Å². The Bertz CT molecular complexity index is 2330. The van der Waals surface area contributed by atoms with E-state index in [4.69, 9.17) is 24.6 Å². The molecule has 0 unspecified atom stereocenters. The third kappa shape index (κ3) is 4.59. The number of allylic oxidation sites excluding steroid dienone is 2. The van der Waals surface area contributed by atoms with Crippen molar-refractivity contribution < 1.29 is 8.83 Å². The van der Waals surface area contributed by atoms with Crippen molar-refractivity contribution in [2.75, 3.05) is 0 Å². The Hall–Kier alpha value is -5.68. The highest BCUT2D eigenvalue weighted by Gasteiger charge is 2.15. The quantitative estimate of drug-likeness (QED) is 0.165. The van der Waals surface area contributed by atoms with Crippen molar-refractivity contribution in [2.45, 2.75) is 19.4 Å². The zero-order chi connectivity index (χ0) is 29.5. The number of furan rings is 2. The minimum Gasteiger partial charge on any atom is -0.456 e. The molecule has 0 saturated heterocycles. The standard InChI is InChI=1S/C39H29N3O2/c40-38(27-14-8-13-26(23-27)29-18-10-22-35-36(29)32-17-5-7-21-34(32)43-35)42-39(25-11-2-1-3-12-25)41-24-28-15-9-19-31-30-16-4-6-20-33(30)44-37(28)31/h2,4-23H,1,3,24H2,(H2,40,41,42). The lowest BCUT2D eigenvalue weighted by Crippen LogP contribution is -2.17. The van der Waals surface area contributed by atoms with Crippen molar-refractivity contribution in [1.29, 1.82) is 0 Å². The number of hydrogen-bond acceptors (Lipinski definition) is 3. The molecule has 212 valence electrons. The molecule has 0 saturated carbocycles. The van der Waals surface area contributed by atoms with Crippen molar-refractivity contribution in [2.24, 2.45) is 15.7 Å². The predicted octanol–water partition coefficient (Wildman–Crippen LogP) is 9.73. The SMILES string of the molecule is NC(=NC(=NCc1cccc2c1oc1ccccc12)C1=CCCC=C1)c1cccc(-c2cccc3oc4ccccc4c23)c1. The molecule has 5 heteroatoms. The lowest BCUT2D eigenvalue weighted by atomic mass is 9.98. The van der Waals surface area contributed by atoms with Gasteiger partial charge in [0.25, 0.3) is 0 Å². The Kier molecular flexibility index (Phi) is 6.42. The fourth-order valence-electron chi connectivity index (χ4n) is 6.10. The van der Waals surface area contributed by atoms with Crippen LogP contribution in [0.25, 0.3) is 55.0 Å². The van der Waals surface area contributed by atoms with Gasteiger partial charge in [0.1, 0.15) is 28.2 Å². The molecular formula is C39H29N3O2. The Balaban J connectivity index is 1.18.